The highest BCUT2D eigenvalue weighted by molar-refractivity contribution is 5.63. The monoisotopic (exact) mass is 259 g/mol. The van der Waals surface area contributed by atoms with Gasteiger partial charge in [0.25, 0.3) is 0 Å². The highest BCUT2D eigenvalue weighted by Crippen LogP contribution is 2.33. The van der Waals surface area contributed by atoms with Crippen LogP contribution in [0.4, 0.5) is 0 Å². The van der Waals surface area contributed by atoms with Gasteiger partial charge in [-0.15, -0.1) is 0 Å². The quantitative estimate of drug-likeness (QED) is 0.883. The van der Waals surface area contributed by atoms with Crippen molar-refractivity contribution in [3.05, 3.63) is 35.2 Å². The average molecular weight is 259 g/mol. The van der Waals surface area contributed by atoms with Crippen LogP contribution >= 0.6 is 0 Å². The van der Waals surface area contributed by atoms with Gasteiger partial charge in [0.15, 0.2) is 0 Å². The van der Waals surface area contributed by atoms with Crippen molar-refractivity contribution < 1.29 is 9.52 Å². The molecule has 102 valence electrons. The number of aryl methyl sites for hydroxylation is 2. The van der Waals surface area contributed by atoms with Gasteiger partial charge in [0, 0.05) is 5.92 Å². The third-order valence-electron chi connectivity index (χ3n) is 3.12. The fraction of sp³-hybridized carbons (Fsp3) is 0.438. The van der Waals surface area contributed by atoms with E-state index in [0.29, 0.717) is 17.4 Å². The summed E-state index contributed by atoms with van der Waals surface area (Å²) in [5.41, 5.74) is 2.69. The molecule has 0 atom stereocenters. The standard InChI is InChI=1S/C16H21NO2/c1-5-6-13-15(10(2)3)19-16(17-13)12-8-7-11(4)9-14(12)18/h7-10,18H,5-6H2,1-4H3. The SMILES string of the molecule is CCCc1nc(-c2ccc(C)cc2O)oc1C(C)C. The highest BCUT2D eigenvalue weighted by Gasteiger charge is 2.18. The van der Waals surface area contributed by atoms with Gasteiger partial charge in [0.2, 0.25) is 5.89 Å². The van der Waals surface area contributed by atoms with Crippen LogP contribution in [0.3, 0.4) is 0 Å². The first-order valence-electron chi connectivity index (χ1n) is 6.82. The van der Waals surface area contributed by atoms with E-state index in [9.17, 15) is 5.11 Å². The van der Waals surface area contributed by atoms with E-state index in [0.717, 1.165) is 29.9 Å². The average Bonchev–Trinajstić information content (AvgIpc) is 2.73. The molecule has 3 nitrogen and oxygen atoms in total. The fourth-order valence-corrected chi connectivity index (χ4v) is 2.17. The Labute approximate surface area is 114 Å². The van der Waals surface area contributed by atoms with Crippen molar-refractivity contribution in [2.45, 2.75) is 46.5 Å². The van der Waals surface area contributed by atoms with Gasteiger partial charge >= 0.3 is 0 Å². The zero-order valence-corrected chi connectivity index (χ0v) is 12.0. The summed E-state index contributed by atoms with van der Waals surface area (Å²) in [5.74, 6) is 1.97. The Morgan fingerprint density at radius 3 is 2.63 bits per heavy atom. The zero-order chi connectivity index (χ0) is 14.0. The van der Waals surface area contributed by atoms with Crippen molar-refractivity contribution in [3.8, 4) is 17.2 Å². The molecule has 1 aromatic carbocycles. The van der Waals surface area contributed by atoms with Crippen molar-refractivity contribution in [1.29, 1.82) is 0 Å². The van der Waals surface area contributed by atoms with Gasteiger partial charge in [-0.3, -0.25) is 0 Å². The number of oxazole rings is 1. The van der Waals surface area contributed by atoms with E-state index in [1.807, 2.05) is 19.1 Å². The fourth-order valence-electron chi connectivity index (χ4n) is 2.17. The molecule has 0 aliphatic carbocycles. The first kappa shape index (κ1) is 13.7. The normalized spacial score (nSPS) is 11.2. The first-order valence-corrected chi connectivity index (χ1v) is 6.82. The molecule has 0 amide bonds. The lowest BCUT2D eigenvalue weighted by Crippen LogP contribution is -1.92. The maximum absolute atomic E-state index is 10.0. The maximum Gasteiger partial charge on any atom is 0.230 e. The lowest BCUT2D eigenvalue weighted by molar-refractivity contribution is 0.464. The molecular formula is C16H21NO2. The van der Waals surface area contributed by atoms with E-state index in [1.165, 1.54) is 0 Å². The van der Waals surface area contributed by atoms with Crippen LogP contribution in [0.5, 0.6) is 5.75 Å². The van der Waals surface area contributed by atoms with Crippen molar-refractivity contribution >= 4 is 0 Å². The maximum atomic E-state index is 10.0. The lowest BCUT2D eigenvalue weighted by atomic mass is 10.1. The summed E-state index contributed by atoms with van der Waals surface area (Å²) in [7, 11) is 0. The van der Waals surface area contributed by atoms with Gasteiger partial charge in [-0.05, 0) is 31.0 Å². The molecule has 0 unspecified atom stereocenters. The van der Waals surface area contributed by atoms with E-state index >= 15 is 0 Å². The molecule has 1 N–H and O–H groups in total. The number of hydrogen-bond donors (Lipinski definition) is 1. The minimum Gasteiger partial charge on any atom is -0.507 e. The largest absolute Gasteiger partial charge is 0.507 e. The third-order valence-corrected chi connectivity index (χ3v) is 3.12. The van der Waals surface area contributed by atoms with E-state index < -0.39 is 0 Å². The Bertz CT molecular complexity index is 570. The Kier molecular flexibility index (Phi) is 3.93. The molecular weight excluding hydrogens is 238 g/mol. The molecule has 0 saturated heterocycles. The van der Waals surface area contributed by atoms with Crippen LogP contribution < -0.4 is 0 Å². The number of hydrogen-bond acceptors (Lipinski definition) is 3. The van der Waals surface area contributed by atoms with Crippen molar-refractivity contribution in [3.63, 3.8) is 0 Å². The van der Waals surface area contributed by atoms with Crippen LogP contribution in [0.25, 0.3) is 11.5 Å². The van der Waals surface area contributed by atoms with E-state index in [1.54, 1.807) is 6.07 Å². The Balaban J connectivity index is 2.47. The topological polar surface area (TPSA) is 46.3 Å². The number of aromatic nitrogens is 1. The number of rotatable bonds is 4. The second-order valence-electron chi connectivity index (χ2n) is 5.26. The summed E-state index contributed by atoms with van der Waals surface area (Å²) in [5, 5.41) is 10.0. The summed E-state index contributed by atoms with van der Waals surface area (Å²) < 4.78 is 5.86. The third kappa shape index (κ3) is 2.80. The second kappa shape index (κ2) is 5.47. The molecule has 0 aliphatic heterocycles. The first-order chi connectivity index (χ1) is 9.02. The van der Waals surface area contributed by atoms with Crippen LogP contribution in [0.2, 0.25) is 0 Å². The van der Waals surface area contributed by atoms with Crippen molar-refractivity contribution in [2.24, 2.45) is 0 Å². The number of benzene rings is 1. The van der Waals surface area contributed by atoms with E-state index in [2.05, 4.69) is 25.8 Å². The Morgan fingerprint density at radius 1 is 1.32 bits per heavy atom. The van der Waals surface area contributed by atoms with Gasteiger partial charge in [0.05, 0.1) is 11.3 Å². The van der Waals surface area contributed by atoms with E-state index in [-0.39, 0.29) is 5.75 Å². The molecule has 1 aromatic heterocycles. The predicted octanol–water partition coefficient (Wildman–Crippen LogP) is 4.43. The molecule has 0 bridgehead atoms. The number of phenols is 1. The molecule has 0 aliphatic rings. The molecule has 0 radical (unpaired) electrons. The molecule has 0 fully saturated rings. The molecule has 0 spiro atoms. The van der Waals surface area contributed by atoms with Crippen molar-refractivity contribution in [1.82, 2.24) is 4.98 Å². The minimum absolute atomic E-state index is 0.222. The van der Waals surface area contributed by atoms with E-state index in [4.69, 9.17) is 4.42 Å². The summed E-state index contributed by atoms with van der Waals surface area (Å²) >= 11 is 0. The highest BCUT2D eigenvalue weighted by atomic mass is 16.4. The molecule has 0 saturated carbocycles. The summed E-state index contributed by atoms with van der Waals surface area (Å²) in [6.07, 6.45) is 1.94. The van der Waals surface area contributed by atoms with Gasteiger partial charge < -0.3 is 9.52 Å². The number of nitrogens with zero attached hydrogens (tertiary/aromatic N) is 1. The second-order valence-corrected chi connectivity index (χ2v) is 5.26. The van der Waals surface area contributed by atoms with Gasteiger partial charge in [0.1, 0.15) is 11.5 Å². The molecule has 1 heterocycles. The van der Waals surface area contributed by atoms with Crippen LogP contribution in [0.15, 0.2) is 22.6 Å². The van der Waals surface area contributed by atoms with Gasteiger partial charge in [-0.2, -0.15) is 0 Å². The Hall–Kier alpha value is -1.77. The zero-order valence-electron chi connectivity index (χ0n) is 12.0. The van der Waals surface area contributed by atoms with Gasteiger partial charge in [-0.25, -0.2) is 4.98 Å². The predicted molar refractivity (Wildman–Crippen MR) is 76.4 cm³/mol. The van der Waals surface area contributed by atoms with Crippen LogP contribution in [-0.4, -0.2) is 10.1 Å². The molecule has 19 heavy (non-hydrogen) atoms. The number of phenolic OH excluding ortho intramolecular Hbond substituents is 1. The van der Waals surface area contributed by atoms with Gasteiger partial charge in [-0.1, -0.05) is 33.3 Å². The smallest absolute Gasteiger partial charge is 0.230 e. The summed E-state index contributed by atoms with van der Waals surface area (Å²) in [6, 6.07) is 5.54. The lowest BCUT2D eigenvalue weighted by Gasteiger charge is -2.02. The van der Waals surface area contributed by atoms with Crippen LogP contribution in [0, 0.1) is 6.92 Å². The Morgan fingerprint density at radius 2 is 2.05 bits per heavy atom. The van der Waals surface area contributed by atoms with Crippen molar-refractivity contribution in [2.75, 3.05) is 0 Å². The van der Waals surface area contributed by atoms with Crippen LogP contribution in [-0.2, 0) is 6.42 Å². The molecule has 2 rings (SSSR count). The summed E-state index contributed by atoms with van der Waals surface area (Å²) in [6.45, 7) is 8.26. The van der Waals surface area contributed by atoms with Crippen LogP contribution in [0.1, 0.15) is 50.1 Å². The number of aromatic hydroxyl groups is 1. The molecule has 2 aromatic rings. The minimum atomic E-state index is 0.222. The molecule has 3 heteroatoms. The summed E-state index contributed by atoms with van der Waals surface area (Å²) in [4.78, 5) is 4.56.